The van der Waals surface area contributed by atoms with Crippen LogP contribution in [-0.2, 0) is 13.0 Å². The highest BCUT2D eigenvalue weighted by Gasteiger charge is 2.13. The van der Waals surface area contributed by atoms with Crippen molar-refractivity contribution in [1.82, 2.24) is 5.32 Å². The summed E-state index contributed by atoms with van der Waals surface area (Å²) in [5.74, 6) is 0. The van der Waals surface area contributed by atoms with Gasteiger partial charge in [-0.05, 0) is 47.4 Å². The summed E-state index contributed by atoms with van der Waals surface area (Å²) < 4.78 is 0. The maximum Gasteiger partial charge on any atom is 0.0361 e. The van der Waals surface area contributed by atoms with E-state index in [0.29, 0.717) is 0 Å². The molecule has 0 atom stereocenters. The Morgan fingerprint density at radius 1 is 1.00 bits per heavy atom. The molecule has 98 valence electrons. The van der Waals surface area contributed by atoms with Crippen LogP contribution < -0.4 is 10.2 Å². The Balaban J connectivity index is 2.02. The first-order valence-corrected chi connectivity index (χ1v) is 6.85. The Hall–Kier alpha value is -1.80. The zero-order valence-corrected chi connectivity index (χ0v) is 11.6. The molecule has 2 nitrogen and oxygen atoms in total. The van der Waals surface area contributed by atoms with Crippen LogP contribution in [0.2, 0.25) is 0 Å². The third-order valence-corrected chi connectivity index (χ3v) is 3.84. The van der Waals surface area contributed by atoms with Gasteiger partial charge in [0.2, 0.25) is 0 Å². The van der Waals surface area contributed by atoms with Crippen LogP contribution in [0.1, 0.15) is 11.1 Å². The van der Waals surface area contributed by atoms with E-state index in [1.54, 1.807) is 0 Å². The highest BCUT2D eigenvalue weighted by Crippen LogP contribution is 2.29. The molecule has 1 aliphatic heterocycles. The molecule has 2 heteroatoms. The number of benzene rings is 2. The maximum absolute atomic E-state index is 3.47. The van der Waals surface area contributed by atoms with Gasteiger partial charge >= 0.3 is 0 Å². The molecule has 0 amide bonds. The predicted octanol–water partition coefficient (Wildman–Crippen LogP) is 3.07. The van der Waals surface area contributed by atoms with Gasteiger partial charge < -0.3 is 10.2 Å². The second kappa shape index (κ2) is 5.06. The topological polar surface area (TPSA) is 15.3 Å². The first-order valence-electron chi connectivity index (χ1n) is 6.85. The maximum atomic E-state index is 3.47. The average molecular weight is 252 g/mol. The van der Waals surface area contributed by atoms with Gasteiger partial charge in [0.1, 0.15) is 0 Å². The second-order valence-electron chi connectivity index (χ2n) is 5.31. The molecular formula is C17H20N2. The van der Waals surface area contributed by atoms with E-state index in [1.807, 2.05) is 0 Å². The van der Waals surface area contributed by atoms with E-state index in [1.165, 1.54) is 27.9 Å². The summed E-state index contributed by atoms with van der Waals surface area (Å²) in [5.41, 5.74) is 6.88. The number of anilines is 1. The van der Waals surface area contributed by atoms with Gasteiger partial charge in [-0.3, -0.25) is 0 Å². The third kappa shape index (κ3) is 2.36. The van der Waals surface area contributed by atoms with Crippen molar-refractivity contribution >= 4 is 5.69 Å². The molecule has 2 aromatic rings. The highest BCUT2D eigenvalue weighted by molar-refractivity contribution is 5.71. The van der Waals surface area contributed by atoms with Gasteiger partial charge in [-0.2, -0.15) is 0 Å². The molecular weight excluding hydrogens is 232 g/mol. The molecule has 0 saturated carbocycles. The Morgan fingerprint density at radius 3 is 2.53 bits per heavy atom. The average Bonchev–Trinajstić information content (AvgIpc) is 2.47. The fraction of sp³-hybridized carbons (Fsp3) is 0.294. The standard InChI is InChI=1S/C17H20N2/c1-19(2)15-8-6-14(7-9-15)16-5-3-4-13-10-11-18-12-17(13)16/h3-9,18H,10-12H2,1-2H3. The Bertz CT molecular complexity index is 570. The van der Waals surface area contributed by atoms with Crippen molar-refractivity contribution in [2.75, 3.05) is 25.5 Å². The van der Waals surface area contributed by atoms with Crippen molar-refractivity contribution in [2.45, 2.75) is 13.0 Å². The van der Waals surface area contributed by atoms with E-state index in [4.69, 9.17) is 0 Å². The van der Waals surface area contributed by atoms with Gasteiger partial charge in [-0.15, -0.1) is 0 Å². The number of hydrogen-bond acceptors (Lipinski definition) is 2. The van der Waals surface area contributed by atoms with Crippen LogP contribution in [0.15, 0.2) is 42.5 Å². The van der Waals surface area contributed by atoms with Gasteiger partial charge in [-0.25, -0.2) is 0 Å². The molecule has 19 heavy (non-hydrogen) atoms. The lowest BCUT2D eigenvalue weighted by molar-refractivity contribution is 0.645. The van der Waals surface area contributed by atoms with Gasteiger partial charge in [0.15, 0.2) is 0 Å². The Labute approximate surface area is 115 Å². The molecule has 2 aromatic carbocycles. The molecule has 0 unspecified atom stereocenters. The van der Waals surface area contributed by atoms with Gasteiger partial charge in [0, 0.05) is 26.3 Å². The van der Waals surface area contributed by atoms with Crippen molar-refractivity contribution in [3.63, 3.8) is 0 Å². The second-order valence-corrected chi connectivity index (χ2v) is 5.31. The SMILES string of the molecule is CN(C)c1ccc(-c2cccc3c2CNCC3)cc1. The van der Waals surface area contributed by atoms with E-state index >= 15 is 0 Å². The van der Waals surface area contributed by atoms with E-state index in [-0.39, 0.29) is 0 Å². The minimum absolute atomic E-state index is 0.987. The Morgan fingerprint density at radius 2 is 1.79 bits per heavy atom. The van der Waals surface area contributed by atoms with E-state index < -0.39 is 0 Å². The van der Waals surface area contributed by atoms with Gasteiger partial charge in [0.05, 0.1) is 0 Å². The molecule has 0 aromatic heterocycles. The van der Waals surface area contributed by atoms with Crippen molar-refractivity contribution < 1.29 is 0 Å². The van der Waals surface area contributed by atoms with E-state index in [9.17, 15) is 0 Å². The lowest BCUT2D eigenvalue weighted by atomic mass is 9.92. The van der Waals surface area contributed by atoms with Crippen LogP contribution in [0.4, 0.5) is 5.69 Å². The summed E-state index contributed by atoms with van der Waals surface area (Å²) in [6.45, 7) is 2.08. The van der Waals surface area contributed by atoms with Crippen LogP contribution >= 0.6 is 0 Å². The summed E-state index contributed by atoms with van der Waals surface area (Å²) >= 11 is 0. The van der Waals surface area contributed by atoms with Crippen molar-refractivity contribution in [2.24, 2.45) is 0 Å². The van der Waals surface area contributed by atoms with Crippen LogP contribution in [0, 0.1) is 0 Å². The van der Waals surface area contributed by atoms with Crippen molar-refractivity contribution in [3.05, 3.63) is 53.6 Å². The molecule has 0 aliphatic carbocycles. The fourth-order valence-corrected chi connectivity index (χ4v) is 2.72. The van der Waals surface area contributed by atoms with Crippen LogP contribution in [0.3, 0.4) is 0 Å². The lowest BCUT2D eigenvalue weighted by Gasteiger charge is -2.21. The Kier molecular flexibility index (Phi) is 3.26. The molecule has 1 aliphatic rings. The smallest absolute Gasteiger partial charge is 0.0361 e. The lowest BCUT2D eigenvalue weighted by Crippen LogP contribution is -2.24. The molecule has 0 spiro atoms. The highest BCUT2D eigenvalue weighted by atomic mass is 15.1. The molecule has 0 bridgehead atoms. The monoisotopic (exact) mass is 252 g/mol. The molecule has 0 radical (unpaired) electrons. The number of nitrogens with zero attached hydrogens (tertiary/aromatic N) is 1. The minimum atomic E-state index is 0.987. The minimum Gasteiger partial charge on any atom is -0.378 e. The van der Waals surface area contributed by atoms with Gasteiger partial charge in [0.25, 0.3) is 0 Å². The first kappa shape index (κ1) is 12.2. The predicted molar refractivity (Wildman–Crippen MR) is 81.6 cm³/mol. The summed E-state index contributed by atoms with van der Waals surface area (Å²) in [6, 6.07) is 15.5. The van der Waals surface area contributed by atoms with Crippen LogP contribution in [-0.4, -0.2) is 20.6 Å². The molecule has 1 heterocycles. The number of rotatable bonds is 2. The zero-order valence-electron chi connectivity index (χ0n) is 11.6. The van der Waals surface area contributed by atoms with Crippen molar-refractivity contribution in [1.29, 1.82) is 0 Å². The summed E-state index contributed by atoms with van der Waals surface area (Å²) in [6.07, 6.45) is 1.14. The quantitative estimate of drug-likeness (QED) is 0.883. The molecule has 1 N–H and O–H groups in total. The third-order valence-electron chi connectivity index (χ3n) is 3.84. The summed E-state index contributed by atoms with van der Waals surface area (Å²) in [5, 5.41) is 3.47. The number of hydrogen-bond donors (Lipinski definition) is 1. The van der Waals surface area contributed by atoms with E-state index in [2.05, 4.69) is 66.8 Å². The molecule has 3 rings (SSSR count). The summed E-state index contributed by atoms with van der Waals surface area (Å²) in [4.78, 5) is 2.13. The largest absolute Gasteiger partial charge is 0.378 e. The number of nitrogens with one attached hydrogen (secondary N) is 1. The fourth-order valence-electron chi connectivity index (χ4n) is 2.72. The summed E-state index contributed by atoms with van der Waals surface area (Å²) in [7, 11) is 4.15. The van der Waals surface area contributed by atoms with Gasteiger partial charge in [-0.1, -0.05) is 30.3 Å². The first-order chi connectivity index (χ1) is 9.25. The zero-order chi connectivity index (χ0) is 13.2. The van der Waals surface area contributed by atoms with Crippen LogP contribution in [0.5, 0.6) is 0 Å². The molecule has 0 saturated heterocycles. The molecule has 0 fully saturated rings. The number of fused-ring (bicyclic) bond motifs is 1. The van der Waals surface area contributed by atoms with Crippen molar-refractivity contribution in [3.8, 4) is 11.1 Å². The van der Waals surface area contributed by atoms with E-state index in [0.717, 1.165) is 19.5 Å². The van der Waals surface area contributed by atoms with Crippen LogP contribution in [0.25, 0.3) is 11.1 Å². The normalized spacial score (nSPS) is 14.0.